The van der Waals surface area contributed by atoms with E-state index in [1.54, 1.807) is 0 Å². The molecular weight excluding hydrogens is 209 g/mol. The Hall–Kier alpha value is -0.780. The van der Waals surface area contributed by atoms with Crippen LogP contribution in [0.1, 0.15) is 26.2 Å². The molecule has 1 N–H and O–H groups in total. The second kappa shape index (κ2) is 4.83. The van der Waals surface area contributed by atoms with Crippen molar-refractivity contribution in [3.63, 3.8) is 0 Å². The van der Waals surface area contributed by atoms with Crippen LogP contribution in [0.25, 0.3) is 0 Å². The smallest absolute Gasteiger partial charge is 0.312 e. The quantitative estimate of drug-likeness (QED) is 0.721. The van der Waals surface area contributed by atoms with E-state index in [4.69, 9.17) is 0 Å². The molecule has 0 bridgehead atoms. The third-order valence-corrected chi connectivity index (χ3v) is 2.50. The molecule has 0 aromatic rings. The lowest BCUT2D eigenvalue weighted by molar-refractivity contribution is -0.241. The summed E-state index contributed by atoms with van der Waals surface area (Å²) in [6.07, 6.45) is -1.96. The van der Waals surface area contributed by atoms with E-state index in [2.05, 4.69) is 5.32 Å². The second-order valence-corrected chi connectivity index (χ2v) is 3.74. The third kappa shape index (κ3) is 3.70. The maximum Gasteiger partial charge on any atom is 0.487 e. The molecular formula is C9H15F3N2O. The molecule has 1 rings (SSSR count). The number of piperidine rings is 1. The van der Waals surface area contributed by atoms with E-state index in [0.29, 0.717) is 6.42 Å². The third-order valence-electron chi connectivity index (χ3n) is 2.50. The van der Waals surface area contributed by atoms with Gasteiger partial charge in [-0.15, -0.1) is 13.2 Å². The molecule has 1 aliphatic heterocycles. The number of rotatable bonds is 2. The van der Waals surface area contributed by atoms with Gasteiger partial charge in [0.25, 0.3) is 0 Å². The van der Waals surface area contributed by atoms with Crippen LogP contribution in [0.5, 0.6) is 0 Å². The number of carbonyl (C=O) groups excluding carboxylic acids is 1. The van der Waals surface area contributed by atoms with Gasteiger partial charge in [-0.05, 0) is 19.4 Å². The van der Waals surface area contributed by atoms with E-state index < -0.39 is 12.2 Å². The van der Waals surface area contributed by atoms with Gasteiger partial charge in [-0.2, -0.15) is 0 Å². The maximum absolute atomic E-state index is 12.4. The summed E-state index contributed by atoms with van der Waals surface area (Å²) in [7, 11) is 0. The molecule has 1 saturated heterocycles. The van der Waals surface area contributed by atoms with Crippen LogP contribution in [-0.4, -0.2) is 36.2 Å². The first-order chi connectivity index (χ1) is 6.91. The lowest BCUT2D eigenvalue weighted by Crippen LogP contribution is -2.50. The van der Waals surface area contributed by atoms with Crippen molar-refractivity contribution in [2.45, 2.75) is 38.5 Å². The molecule has 0 aromatic carbocycles. The summed E-state index contributed by atoms with van der Waals surface area (Å²) in [5, 5.41) is 2.98. The zero-order chi connectivity index (χ0) is 11.5. The van der Waals surface area contributed by atoms with Crippen molar-refractivity contribution >= 4 is 5.91 Å². The van der Waals surface area contributed by atoms with E-state index in [9.17, 15) is 18.0 Å². The van der Waals surface area contributed by atoms with Gasteiger partial charge in [0.1, 0.15) is 0 Å². The highest BCUT2D eigenvalue weighted by atomic mass is 19.4. The molecule has 0 aromatic heterocycles. The predicted molar refractivity (Wildman–Crippen MR) is 49.1 cm³/mol. The van der Waals surface area contributed by atoms with Crippen LogP contribution in [0, 0.1) is 0 Å². The molecule has 0 spiro atoms. The van der Waals surface area contributed by atoms with Crippen molar-refractivity contribution in [2.75, 3.05) is 13.1 Å². The first-order valence-electron chi connectivity index (χ1n) is 4.99. The fourth-order valence-electron chi connectivity index (χ4n) is 1.71. The molecule has 1 atom stereocenters. The van der Waals surface area contributed by atoms with Crippen molar-refractivity contribution in [3.8, 4) is 0 Å². The molecule has 0 saturated carbocycles. The van der Waals surface area contributed by atoms with Crippen LogP contribution in [0.15, 0.2) is 0 Å². The van der Waals surface area contributed by atoms with Gasteiger partial charge in [0, 0.05) is 19.5 Å². The predicted octanol–water partition coefficient (Wildman–Crippen LogP) is 1.50. The van der Waals surface area contributed by atoms with Crippen molar-refractivity contribution in [1.82, 2.24) is 10.2 Å². The number of nitrogens with zero attached hydrogens (tertiary/aromatic N) is 1. The van der Waals surface area contributed by atoms with Gasteiger partial charge in [-0.3, -0.25) is 9.69 Å². The summed E-state index contributed by atoms with van der Waals surface area (Å²) in [5.41, 5.74) is 0. The van der Waals surface area contributed by atoms with Crippen LogP contribution in [0.2, 0.25) is 0 Å². The normalized spacial score (nSPS) is 22.5. The minimum atomic E-state index is -4.56. The minimum Gasteiger partial charge on any atom is -0.312 e. The van der Waals surface area contributed by atoms with Crippen LogP contribution < -0.4 is 5.32 Å². The SMILES string of the molecule is CC(=O)N(C[C@@H]1CCCCN1)C(F)(F)F. The lowest BCUT2D eigenvalue weighted by Gasteiger charge is -2.30. The Morgan fingerprint density at radius 1 is 1.47 bits per heavy atom. The molecule has 1 amide bonds. The van der Waals surface area contributed by atoms with Crippen molar-refractivity contribution in [2.24, 2.45) is 0 Å². The fraction of sp³-hybridized carbons (Fsp3) is 0.889. The number of hydrogen-bond acceptors (Lipinski definition) is 2. The van der Waals surface area contributed by atoms with Gasteiger partial charge in [-0.1, -0.05) is 6.42 Å². The molecule has 1 aliphatic rings. The largest absolute Gasteiger partial charge is 0.487 e. The first-order valence-corrected chi connectivity index (χ1v) is 4.99. The number of alkyl halides is 3. The summed E-state index contributed by atoms with van der Waals surface area (Å²) in [6, 6.07) is -0.232. The highest BCUT2D eigenvalue weighted by Gasteiger charge is 2.40. The summed E-state index contributed by atoms with van der Waals surface area (Å²) in [5.74, 6) is -0.949. The van der Waals surface area contributed by atoms with Crippen molar-refractivity contribution in [3.05, 3.63) is 0 Å². The second-order valence-electron chi connectivity index (χ2n) is 3.74. The zero-order valence-electron chi connectivity index (χ0n) is 8.60. The lowest BCUT2D eigenvalue weighted by atomic mass is 10.0. The number of hydrogen-bond donors (Lipinski definition) is 1. The Kier molecular flexibility index (Phi) is 3.96. The maximum atomic E-state index is 12.4. The topological polar surface area (TPSA) is 32.3 Å². The Bertz CT molecular complexity index is 224. The average molecular weight is 224 g/mol. The molecule has 3 nitrogen and oxygen atoms in total. The van der Waals surface area contributed by atoms with E-state index in [-0.39, 0.29) is 17.5 Å². The Labute approximate surface area is 86.6 Å². The number of halogens is 3. The minimum absolute atomic E-state index is 0.0318. The molecule has 0 radical (unpaired) electrons. The highest BCUT2D eigenvalue weighted by Crippen LogP contribution is 2.22. The van der Waals surface area contributed by atoms with Crippen LogP contribution in [0.3, 0.4) is 0 Å². The van der Waals surface area contributed by atoms with E-state index in [0.717, 1.165) is 26.3 Å². The first kappa shape index (κ1) is 12.3. The molecule has 0 aliphatic carbocycles. The molecule has 6 heteroatoms. The molecule has 0 unspecified atom stereocenters. The van der Waals surface area contributed by atoms with Crippen molar-refractivity contribution < 1.29 is 18.0 Å². The molecule has 1 fully saturated rings. The van der Waals surface area contributed by atoms with Gasteiger partial charge in [-0.25, -0.2) is 0 Å². The average Bonchev–Trinajstić information content (AvgIpc) is 2.13. The van der Waals surface area contributed by atoms with Gasteiger partial charge < -0.3 is 5.32 Å². The summed E-state index contributed by atoms with van der Waals surface area (Å²) in [4.78, 5) is 10.8. The van der Waals surface area contributed by atoms with Gasteiger partial charge in [0.15, 0.2) is 0 Å². The number of amides is 1. The van der Waals surface area contributed by atoms with Gasteiger partial charge in [0.05, 0.1) is 0 Å². The highest BCUT2D eigenvalue weighted by molar-refractivity contribution is 5.73. The monoisotopic (exact) mass is 224 g/mol. The molecule has 88 valence electrons. The van der Waals surface area contributed by atoms with Crippen LogP contribution in [-0.2, 0) is 4.79 Å². The van der Waals surface area contributed by atoms with Crippen molar-refractivity contribution in [1.29, 1.82) is 0 Å². The summed E-state index contributed by atoms with van der Waals surface area (Å²) >= 11 is 0. The van der Waals surface area contributed by atoms with Gasteiger partial charge >= 0.3 is 6.30 Å². The van der Waals surface area contributed by atoms with E-state index in [1.807, 2.05) is 0 Å². The summed E-state index contributed by atoms with van der Waals surface area (Å²) in [6.45, 7) is 1.39. The Balaban J connectivity index is 2.54. The Morgan fingerprint density at radius 3 is 2.53 bits per heavy atom. The van der Waals surface area contributed by atoms with Crippen LogP contribution in [0.4, 0.5) is 13.2 Å². The number of carbonyl (C=O) groups is 1. The molecule has 1 heterocycles. The van der Waals surface area contributed by atoms with E-state index in [1.165, 1.54) is 0 Å². The fourth-order valence-corrected chi connectivity index (χ4v) is 1.71. The zero-order valence-corrected chi connectivity index (χ0v) is 8.60. The summed E-state index contributed by atoms with van der Waals surface area (Å²) < 4.78 is 37.2. The Morgan fingerprint density at radius 2 is 2.13 bits per heavy atom. The van der Waals surface area contributed by atoms with E-state index >= 15 is 0 Å². The van der Waals surface area contributed by atoms with Crippen LogP contribution >= 0.6 is 0 Å². The standard InChI is InChI=1S/C9H15F3N2O/c1-7(15)14(9(10,11)12)6-8-4-2-3-5-13-8/h8,13H,2-6H2,1H3/t8-/m0/s1. The van der Waals surface area contributed by atoms with Gasteiger partial charge in [0.2, 0.25) is 5.91 Å². The molecule has 15 heavy (non-hydrogen) atoms. The number of nitrogens with one attached hydrogen (secondary N) is 1.